The molecular formula is C18H26N2O4. The van der Waals surface area contributed by atoms with E-state index in [1.54, 1.807) is 18.3 Å². The number of carbonyl (C=O) groups is 1. The van der Waals surface area contributed by atoms with Crippen LogP contribution in [0, 0.1) is 0 Å². The van der Waals surface area contributed by atoms with Gasteiger partial charge in [0, 0.05) is 18.3 Å². The van der Waals surface area contributed by atoms with E-state index >= 15 is 0 Å². The number of aromatic nitrogens is 1. The molecule has 1 aliphatic rings. The molecule has 0 aromatic carbocycles. The van der Waals surface area contributed by atoms with Gasteiger partial charge in [-0.3, -0.25) is 4.98 Å². The molecule has 1 N–H and O–H groups in total. The summed E-state index contributed by atoms with van der Waals surface area (Å²) in [4.78, 5) is 18.0. The molecule has 0 radical (unpaired) electrons. The summed E-state index contributed by atoms with van der Waals surface area (Å²) in [7, 11) is 0. The van der Waals surface area contributed by atoms with Crippen LogP contribution in [-0.2, 0) is 15.1 Å². The maximum absolute atomic E-state index is 12.1. The van der Waals surface area contributed by atoms with Crippen LogP contribution in [0.1, 0.15) is 45.4 Å². The molecule has 24 heavy (non-hydrogen) atoms. The Balaban J connectivity index is 2.07. The van der Waals surface area contributed by atoms with E-state index in [1.165, 1.54) is 4.90 Å². The number of nitrogens with zero attached hydrogens (tertiary/aromatic N) is 2. The predicted octanol–water partition coefficient (Wildman–Crippen LogP) is 2.92. The van der Waals surface area contributed by atoms with Crippen LogP contribution >= 0.6 is 0 Å². The molecular weight excluding hydrogens is 308 g/mol. The van der Waals surface area contributed by atoms with E-state index in [0.29, 0.717) is 36.6 Å². The second-order valence-corrected chi connectivity index (χ2v) is 6.97. The molecule has 1 aromatic heterocycles. The third-order valence-corrected chi connectivity index (χ3v) is 3.80. The van der Waals surface area contributed by atoms with E-state index < -0.39 is 17.3 Å². The molecule has 0 aliphatic carbocycles. The Bertz CT molecular complexity index is 606. The van der Waals surface area contributed by atoms with Crippen LogP contribution in [0.15, 0.2) is 24.9 Å². The largest absolute Gasteiger partial charge is 0.492 e. The molecule has 2 rings (SSSR count). The lowest BCUT2D eigenvalue weighted by Crippen LogP contribution is -2.38. The lowest BCUT2D eigenvalue weighted by Gasteiger charge is -2.26. The minimum atomic E-state index is -1.12. The molecule has 1 aliphatic heterocycles. The predicted molar refractivity (Wildman–Crippen MR) is 91.2 cm³/mol. The van der Waals surface area contributed by atoms with Crippen molar-refractivity contribution < 1.29 is 19.4 Å². The molecule has 6 nitrogen and oxygen atoms in total. The van der Waals surface area contributed by atoms with Gasteiger partial charge >= 0.3 is 6.09 Å². The average molecular weight is 334 g/mol. The SMILES string of the molecule is C=C(OCC)c1ccc(C2(O)CCN(C(=O)OC(C)(C)C)C2)cn1. The van der Waals surface area contributed by atoms with Gasteiger partial charge in [-0.05, 0) is 40.2 Å². The monoisotopic (exact) mass is 334 g/mol. The summed E-state index contributed by atoms with van der Waals surface area (Å²) in [5.74, 6) is 0.498. The number of β-amino-alcohol motifs (C(OH)–C–C–N with tert-alkyl or cyclic N) is 1. The summed E-state index contributed by atoms with van der Waals surface area (Å²) in [5.41, 5.74) is -0.372. The summed E-state index contributed by atoms with van der Waals surface area (Å²) >= 11 is 0. The molecule has 1 atom stereocenters. The Kier molecular flexibility index (Phi) is 5.18. The summed E-state index contributed by atoms with van der Waals surface area (Å²) in [5, 5.41) is 10.9. The molecule has 0 saturated carbocycles. The van der Waals surface area contributed by atoms with Crippen molar-refractivity contribution in [3.63, 3.8) is 0 Å². The van der Waals surface area contributed by atoms with Crippen molar-refractivity contribution in [1.29, 1.82) is 0 Å². The minimum Gasteiger partial charge on any atom is -0.492 e. The van der Waals surface area contributed by atoms with E-state index in [0.717, 1.165) is 0 Å². The Morgan fingerprint density at radius 1 is 1.46 bits per heavy atom. The molecule has 1 aromatic rings. The standard InChI is InChI=1S/C18H26N2O4/c1-6-23-13(2)15-8-7-14(11-19-15)18(22)9-10-20(12-18)16(21)24-17(3,4)5/h7-8,11,22H,2,6,9-10,12H2,1,3-5H3. The van der Waals surface area contributed by atoms with Gasteiger partial charge in [-0.25, -0.2) is 4.79 Å². The highest BCUT2D eigenvalue weighted by Crippen LogP contribution is 2.32. The second kappa shape index (κ2) is 6.81. The van der Waals surface area contributed by atoms with Crippen molar-refractivity contribution in [2.45, 2.75) is 45.3 Å². The number of amides is 1. The topological polar surface area (TPSA) is 71.9 Å². The zero-order chi connectivity index (χ0) is 18.0. The third kappa shape index (κ3) is 4.26. The number of ether oxygens (including phenoxy) is 2. The van der Waals surface area contributed by atoms with Crippen LogP contribution in [0.5, 0.6) is 0 Å². The quantitative estimate of drug-likeness (QED) is 0.857. The molecule has 132 valence electrons. The maximum atomic E-state index is 12.1. The fourth-order valence-corrected chi connectivity index (χ4v) is 2.59. The van der Waals surface area contributed by atoms with E-state index in [9.17, 15) is 9.90 Å². The maximum Gasteiger partial charge on any atom is 0.410 e. The van der Waals surface area contributed by atoms with E-state index in [2.05, 4.69) is 11.6 Å². The van der Waals surface area contributed by atoms with Crippen molar-refractivity contribution in [1.82, 2.24) is 9.88 Å². The van der Waals surface area contributed by atoms with Crippen molar-refractivity contribution in [3.05, 3.63) is 36.2 Å². The highest BCUT2D eigenvalue weighted by atomic mass is 16.6. The second-order valence-electron chi connectivity index (χ2n) is 6.97. The molecule has 0 spiro atoms. The first-order valence-corrected chi connectivity index (χ1v) is 8.13. The van der Waals surface area contributed by atoms with Gasteiger partial charge in [0.2, 0.25) is 0 Å². The Morgan fingerprint density at radius 2 is 2.17 bits per heavy atom. The van der Waals surface area contributed by atoms with Crippen LogP contribution in [0.2, 0.25) is 0 Å². The Labute approximate surface area is 143 Å². The first kappa shape index (κ1) is 18.3. The molecule has 1 amide bonds. The first-order valence-electron chi connectivity index (χ1n) is 8.13. The molecule has 0 bridgehead atoms. The van der Waals surface area contributed by atoms with Crippen LogP contribution < -0.4 is 0 Å². The Morgan fingerprint density at radius 3 is 2.71 bits per heavy atom. The molecule has 1 fully saturated rings. The van der Waals surface area contributed by atoms with E-state index in [1.807, 2.05) is 27.7 Å². The smallest absolute Gasteiger partial charge is 0.410 e. The van der Waals surface area contributed by atoms with Crippen LogP contribution in [0.25, 0.3) is 5.76 Å². The zero-order valence-electron chi connectivity index (χ0n) is 14.8. The third-order valence-electron chi connectivity index (χ3n) is 3.80. The number of aliphatic hydroxyl groups is 1. The van der Waals surface area contributed by atoms with Gasteiger partial charge in [0.05, 0.1) is 13.2 Å². The van der Waals surface area contributed by atoms with Gasteiger partial charge in [-0.15, -0.1) is 0 Å². The van der Waals surface area contributed by atoms with Gasteiger partial charge in [0.15, 0.2) is 0 Å². The van der Waals surface area contributed by atoms with Crippen LogP contribution in [-0.4, -0.2) is 46.4 Å². The zero-order valence-corrected chi connectivity index (χ0v) is 14.8. The van der Waals surface area contributed by atoms with E-state index in [-0.39, 0.29) is 6.54 Å². The van der Waals surface area contributed by atoms with Gasteiger partial charge in [0.1, 0.15) is 22.7 Å². The number of pyridine rings is 1. The normalized spacial score (nSPS) is 20.8. The van der Waals surface area contributed by atoms with Crippen molar-refractivity contribution in [2.75, 3.05) is 19.7 Å². The minimum absolute atomic E-state index is 0.190. The molecule has 1 saturated heterocycles. The fraction of sp³-hybridized carbons (Fsp3) is 0.556. The number of carbonyl (C=O) groups excluding carboxylic acids is 1. The molecule has 6 heteroatoms. The summed E-state index contributed by atoms with van der Waals surface area (Å²) in [6.45, 7) is 12.3. The van der Waals surface area contributed by atoms with E-state index in [4.69, 9.17) is 9.47 Å². The van der Waals surface area contributed by atoms with Crippen LogP contribution in [0.4, 0.5) is 4.79 Å². The Hall–Kier alpha value is -2.08. The lowest BCUT2D eigenvalue weighted by atomic mass is 9.94. The summed E-state index contributed by atoms with van der Waals surface area (Å²) < 4.78 is 10.7. The van der Waals surface area contributed by atoms with Crippen LogP contribution in [0.3, 0.4) is 0 Å². The number of likely N-dealkylation sites (tertiary alicyclic amines) is 1. The average Bonchev–Trinajstić information content (AvgIpc) is 2.90. The van der Waals surface area contributed by atoms with Gasteiger partial charge in [0.25, 0.3) is 0 Å². The highest BCUT2D eigenvalue weighted by Gasteiger charge is 2.41. The van der Waals surface area contributed by atoms with Gasteiger partial charge < -0.3 is 19.5 Å². The fourth-order valence-electron chi connectivity index (χ4n) is 2.59. The molecule has 1 unspecified atom stereocenters. The van der Waals surface area contributed by atoms with Crippen molar-refractivity contribution >= 4 is 11.9 Å². The number of hydrogen-bond acceptors (Lipinski definition) is 5. The number of rotatable bonds is 4. The van der Waals surface area contributed by atoms with Gasteiger partial charge in [-0.2, -0.15) is 0 Å². The molecule has 2 heterocycles. The summed E-state index contributed by atoms with van der Waals surface area (Å²) in [6.07, 6.45) is 1.64. The first-order chi connectivity index (χ1) is 11.1. The summed E-state index contributed by atoms with van der Waals surface area (Å²) in [6, 6.07) is 3.56. The van der Waals surface area contributed by atoms with Crippen molar-refractivity contribution in [3.8, 4) is 0 Å². The number of hydrogen-bond donors (Lipinski definition) is 1. The van der Waals surface area contributed by atoms with Gasteiger partial charge in [-0.1, -0.05) is 12.6 Å². The lowest BCUT2D eigenvalue weighted by molar-refractivity contribution is 0.0139. The highest BCUT2D eigenvalue weighted by molar-refractivity contribution is 5.68. The van der Waals surface area contributed by atoms with Crippen molar-refractivity contribution in [2.24, 2.45) is 0 Å².